The second-order valence-corrected chi connectivity index (χ2v) is 5.95. The van der Waals surface area contributed by atoms with Gasteiger partial charge in [0.2, 0.25) is 0 Å². The molecule has 110 valence electrons. The van der Waals surface area contributed by atoms with Gasteiger partial charge in [-0.05, 0) is 23.8 Å². The van der Waals surface area contributed by atoms with Gasteiger partial charge in [-0.25, -0.2) is 0 Å². The molecule has 0 bridgehead atoms. The lowest BCUT2D eigenvalue weighted by atomic mass is 10.1. The van der Waals surface area contributed by atoms with Gasteiger partial charge in [-0.15, -0.1) is 0 Å². The van der Waals surface area contributed by atoms with E-state index in [9.17, 15) is 4.79 Å². The van der Waals surface area contributed by atoms with Crippen LogP contribution >= 0.6 is 27.5 Å². The number of rotatable bonds is 5. The summed E-state index contributed by atoms with van der Waals surface area (Å²) in [6.45, 7) is 1.40. The summed E-state index contributed by atoms with van der Waals surface area (Å²) < 4.78 is 0.822. The number of nitrogens with zero attached hydrogens (tertiary/aromatic N) is 1. The van der Waals surface area contributed by atoms with Crippen LogP contribution in [0.5, 0.6) is 0 Å². The number of carbonyl (C=O) groups is 1. The van der Waals surface area contributed by atoms with Gasteiger partial charge in [-0.2, -0.15) is 0 Å². The molecule has 0 aliphatic carbocycles. The van der Waals surface area contributed by atoms with Crippen LogP contribution in [0.25, 0.3) is 0 Å². The first-order valence-electron chi connectivity index (χ1n) is 6.60. The van der Waals surface area contributed by atoms with Gasteiger partial charge in [-0.1, -0.05) is 57.9 Å². The van der Waals surface area contributed by atoms with Crippen LogP contribution in [-0.2, 0) is 6.54 Å². The Morgan fingerprint density at radius 1 is 1.19 bits per heavy atom. The highest BCUT2D eigenvalue weighted by Gasteiger charge is 2.18. The molecule has 2 N–H and O–H groups in total. The highest BCUT2D eigenvalue weighted by atomic mass is 79.9. The number of carbonyl (C=O) groups excluding carboxylic acids is 1. The van der Waals surface area contributed by atoms with Crippen LogP contribution < -0.4 is 5.73 Å². The Labute approximate surface area is 137 Å². The summed E-state index contributed by atoms with van der Waals surface area (Å²) in [5, 5.41) is 0.443. The number of amides is 1. The zero-order valence-corrected chi connectivity index (χ0v) is 13.8. The zero-order valence-electron chi connectivity index (χ0n) is 11.4. The summed E-state index contributed by atoms with van der Waals surface area (Å²) >= 11 is 9.50. The van der Waals surface area contributed by atoms with Gasteiger partial charge in [0, 0.05) is 24.1 Å². The smallest absolute Gasteiger partial charge is 0.255 e. The monoisotopic (exact) mass is 366 g/mol. The minimum atomic E-state index is -0.115. The fraction of sp³-hybridized carbons (Fsp3) is 0.188. The van der Waals surface area contributed by atoms with Crippen molar-refractivity contribution < 1.29 is 4.79 Å². The van der Waals surface area contributed by atoms with Crippen molar-refractivity contribution in [2.24, 2.45) is 5.73 Å². The van der Waals surface area contributed by atoms with Crippen molar-refractivity contribution in [2.75, 3.05) is 13.1 Å². The van der Waals surface area contributed by atoms with Crippen LogP contribution in [0.3, 0.4) is 0 Å². The van der Waals surface area contributed by atoms with Crippen LogP contribution in [0, 0.1) is 0 Å². The molecule has 3 nitrogen and oxygen atoms in total. The summed E-state index contributed by atoms with van der Waals surface area (Å²) in [5.74, 6) is -0.115. The lowest BCUT2D eigenvalue weighted by Crippen LogP contribution is -2.35. The lowest BCUT2D eigenvalue weighted by molar-refractivity contribution is 0.0748. The highest BCUT2D eigenvalue weighted by Crippen LogP contribution is 2.23. The first-order valence-corrected chi connectivity index (χ1v) is 7.77. The lowest BCUT2D eigenvalue weighted by Gasteiger charge is -2.23. The Kier molecular flexibility index (Phi) is 5.79. The van der Waals surface area contributed by atoms with E-state index in [1.54, 1.807) is 17.0 Å². The minimum Gasteiger partial charge on any atom is -0.333 e. The van der Waals surface area contributed by atoms with Crippen molar-refractivity contribution in [2.45, 2.75) is 6.54 Å². The number of halogens is 2. The van der Waals surface area contributed by atoms with Crippen molar-refractivity contribution in [1.82, 2.24) is 4.90 Å². The maximum atomic E-state index is 12.7. The fourth-order valence-corrected chi connectivity index (χ4v) is 2.60. The molecule has 0 aliphatic rings. The first kappa shape index (κ1) is 16.0. The zero-order chi connectivity index (χ0) is 15.2. The van der Waals surface area contributed by atoms with E-state index in [1.165, 1.54) is 0 Å². The Morgan fingerprint density at radius 3 is 2.57 bits per heavy atom. The number of hydrogen-bond acceptors (Lipinski definition) is 2. The van der Waals surface area contributed by atoms with Gasteiger partial charge >= 0.3 is 0 Å². The molecule has 5 heteroatoms. The van der Waals surface area contributed by atoms with E-state index in [1.807, 2.05) is 36.4 Å². The molecule has 0 fully saturated rings. The normalized spacial score (nSPS) is 10.4. The number of hydrogen-bond donors (Lipinski definition) is 1. The Balaban J connectivity index is 2.25. The third kappa shape index (κ3) is 4.30. The van der Waals surface area contributed by atoms with Crippen LogP contribution in [0.2, 0.25) is 5.02 Å². The largest absolute Gasteiger partial charge is 0.333 e. The molecule has 0 aromatic heterocycles. The molecule has 0 heterocycles. The molecule has 0 saturated carbocycles. The molecule has 21 heavy (non-hydrogen) atoms. The third-order valence-corrected chi connectivity index (χ3v) is 3.88. The van der Waals surface area contributed by atoms with E-state index in [2.05, 4.69) is 15.9 Å². The summed E-state index contributed by atoms with van der Waals surface area (Å²) in [5.41, 5.74) is 7.17. The number of nitrogens with two attached hydrogens (primary N) is 1. The molecule has 0 spiro atoms. The molecule has 2 rings (SSSR count). The quantitative estimate of drug-likeness (QED) is 0.876. The second kappa shape index (κ2) is 7.59. The van der Waals surface area contributed by atoms with Gasteiger partial charge in [0.15, 0.2) is 0 Å². The molecule has 0 radical (unpaired) electrons. The van der Waals surface area contributed by atoms with Crippen LogP contribution in [0.1, 0.15) is 15.9 Å². The van der Waals surface area contributed by atoms with E-state index in [4.69, 9.17) is 17.3 Å². The summed E-state index contributed by atoms with van der Waals surface area (Å²) in [6.07, 6.45) is 0. The van der Waals surface area contributed by atoms with Crippen LogP contribution in [0.4, 0.5) is 0 Å². The third-order valence-electron chi connectivity index (χ3n) is 3.06. The number of benzene rings is 2. The van der Waals surface area contributed by atoms with Gasteiger partial charge in [0.1, 0.15) is 0 Å². The maximum Gasteiger partial charge on any atom is 0.255 e. The Bertz CT molecular complexity index is 619. The van der Waals surface area contributed by atoms with Gasteiger partial charge < -0.3 is 10.6 Å². The molecule has 1 amide bonds. The molecule has 2 aromatic rings. The van der Waals surface area contributed by atoms with Crippen molar-refractivity contribution in [3.8, 4) is 0 Å². The van der Waals surface area contributed by atoms with Gasteiger partial charge in [0.25, 0.3) is 5.91 Å². The van der Waals surface area contributed by atoms with E-state index in [-0.39, 0.29) is 5.91 Å². The maximum absolute atomic E-state index is 12.7. The standard InChI is InChI=1S/C16H16BrClN2O/c17-13-6-7-15(18)14(10-13)16(21)20(9-8-19)11-12-4-2-1-3-5-12/h1-7,10H,8-9,11,19H2. The topological polar surface area (TPSA) is 46.3 Å². The van der Waals surface area contributed by atoms with Crippen LogP contribution in [-0.4, -0.2) is 23.9 Å². The van der Waals surface area contributed by atoms with Gasteiger partial charge in [-0.3, -0.25) is 4.79 Å². The fourth-order valence-electron chi connectivity index (χ4n) is 2.04. The SMILES string of the molecule is NCCN(Cc1ccccc1)C(=O)c1cc(Br)ccc1Cl. The minimum absolute atomic E-state index is 0.115. The van der Waals surface area contributed by atoms with Crippen LogP contribution in [0.15, 0.2) is 53.0 Å². The highest BCUT2D eigenvalue weighted by molar-refractivity contribution is 9.10. The van der Waals surface area contributed by atoms with Gasteiger partial charge in [0.05, 0.1) is 10.6 Å². The van der Waals surface area contributed by atoms with Crippen molar-refractivity contribution in [3.63, 3.8) is 0 Å². The Hall–Kier alpha value is -1.36. The average molecular weight is 368 g/mol. The predicted molar refractivity (Wildman–Crippen MR) is 89.4 cm³/mol. The molecule has 0 aliphatic heterocycles. The molecular formula is C16H16BrClN2O. The van der Waals surface area contributed by atoms with E-state index in [0.717, 1.165) is 10.0 Å². The average Bonchev–Trinajstić information content (AvgIpc) is 2.49. The Morgan fingerprint density at radius 2 is 1.90 bits per heavy atom. The second-order valence-electron chi connectivity index (χ2n) is 4.63. The molecule has 0 saturated heterocycles. The van der Waals surface area contributed by atoms with E-state index < -0.39 is 0 Å². The summed E-state index contributed by atoms with van der Waals surface area (Å²) in [6, 6.07) is 15.1. The van der Waals surface area contributed by atoms with E-state index in [0.29, 0.717) is 30.2 Å². The summed E-state index contributed by atoms with van der Waals surface area (Å²) in [4.78, 5) is 14.4. The van der Waals surface area contributed by atoms with Crippen molar-refractivity contribution in [3.05, 3.63) is 69.2 Å². The predicted octanol–water partition coefficient (Wildman–Crippen LogP) is 3.70. The van der Waals surface area contributed by atoms with Crippen molar-refractivity contribution >= 4 is 33.4 Å². The molecule has 2 aromatic carbocycles. The summed E-state index contributed by atoms with van der Waals surface area (Å²) in [7, 11) is 0. The van der Waals surface area contributed by atoms with E-state index >= 15 is 0 Å². The first-order chi connectivity index (χ1) is 10.1. The molecule has 0 atom stereocenters. The van der Waals surface area contributed by atoms with Crippen molar-refractivity contribution in [1.29, 1.82) is 0 Å². The molecule has 0 unspecified atom stereocenters. The molecular weight excluding hydrogens is 352 g/mol.